The van der Waals surface area contributed by atoms with Gasteiger partial charge in [-0.3, -0.25) is 4.68 Å². The van der Waals surface area contributed by atoms with Crippen molar-refractivity contribution in [3.63, 3.8) is 0 Å². The molecule has 10 nitrogen and oxygen atoms in total. The zero-order valence-electron chi connectivity index (χ0n) is 22.7. The molecule has 1 unspecified atom stereocenters. The molecule has 6 rings (SSSR count). The number of aromatic nitrogens is 5. The fourth-order valence-corrected chi connectivity index (χ4v) is 7.54. The number of hydrogen-bond acceptors (Lipinski definition) is 6. The van der Waals surface area contributed by atoms with Crippen LogP contribution in [0.1, 0.15) is 63.6 Å². The Morgan fingerprint density at radius 2 is 1.93 bits per heavy atom. The van der Waals surface area contributed by atoms with Crippen LogP contribution < -0.4 is 0 Å². The topological polar surface area (TPSA) is 123 Å². The molecule has 0 bridgehead atoms. The predicted molar refractivity (Wildman–Crippen MR) is 144 cm³/mol. The lowest BCUT2D eigenvalue weighted by Gasteiger charge is -2.23. The van der Waals surface area contributed by atoms with E-state index in [2.05, 4.69) is 15.4 Å². The number of hydrogen-bond donors (Lipinski definition) is 1. The summed E-state index contributed by atoms with van der Waals surface area (Å²) in [7, 11) is -2.33. The molecule has 2 aromatic carbocycles. The molecule has 14 heteroatoms. The monoisotopic (exact) mass is 600 g/mol. The Hall–Kier alpha value is -4.04. The highest BCUT2D eigenvalue weighted by molar-refractivity contribution is 7.89. The first kappa shape index (κ1) is 28.1. The normalized spacial score (nSPS) is 22.0. The molecule has 1 saturated carbocycles. The standard InChI is InChI=1S/C28H27F3N6O4S/c1-16-8-18-10-19(28(29,30)31)6-7-25(18)42(40,41)36(13-16)14-17-4-3-5-20(9-17)37-26(23(12-32-37)27(38)39)22-11-21(22)24-15-35(2)34-33-24/h3-7,9-10,12,15-16,21-22H,8,11,13-14H2,1-2H3,(H,38,39)/t16?,21-,22-/m1/s1. The van der Waals surface area contributed by atoms with Crippen molar-refractivity contribution in [1.82, 2.24) is 29.1 Å². The van der Waals surface area contributed by atoms with Gasteiger partial charge in [-0.05, 0) is 60.2 Å². The van der Waals surface area contributed by atoms with Gasteiger partial charge in [0.15, 0.2) is 0 Å². The van der Waals surface area contributed by atoms with E-state index in [1.807, 2.05) is 0 Å². The first-order valence-electron chi connectivity index (χ1n) is 13.3. The van der Waals surface area contributed by atoms with E-state index in [1.165, 1.54) is 10.5 Å². The van der Waals surface area contributed by atoms with Gasteiger partial charge in [0.1, 0.15) is 5.56 Å². The lowest BCUT2D eigenvalue weighted by molar-refractivity contribution is -0.137. The molecule has 0 amide bonds. The SMILES string of the molecule is CC1Cc2cc(C(F)(F)F)ccc2S(=O)(=O)N(Cc2cccc(-n3ncc(C(=O)O)c3[C@@H]3C[C@H]3c3cn(C)nn3)c2)C1. The third-order valence-corrected chi connectivity index (χ3v) is 9.69. The number of sulfonamides is 1. The summed E-state index contributed by atoms with van der Waals surface area (Å²) in [5.74, 6) is -1.47. The molecule has 42 heavy (non-hydrogen) atoms. The van der Waals surface area contributed by atoms with Crippen molar-refractivity contribution in [1.29, 1.82) is 0 Å². The Morgan fingerprint density at radius 3 is 2.62 bits per heavy atom. The summed E-state index contributed by atoms with van der Waals surface area (Å²) in [5, 5.41) is 22.4. The molecule has 1 fully saturated rings. The Bertz CT molecular complexity index is 1800. The molecule has 2 aliphatic rings. The molecular formula is C28H27F3N6O4S. The smallest absolute Gasteiger partial charge is 0.416 e. The van der Waals surface area contributed by atoms with Gasteiger partial charge >= 0.3 is 12.1 Å². The van der Waals surface area contributed by atoms with Crippen LogP contribution in [0.5, 0.6) is 0 Å². The predicted octanol–water partition coefficient (Wildman–Crippen LogP) is 4.37. The van der Waals surface area contributed by atoms with Crippen LogP contribution in [0.15, 0.2) is 59.8 Å². The first-order valence-corrected chi connectivity index (χ1v) is 14.7. The van der Waals surface area contributed by atoms with Crippen LogP contribution in [0.3, 0.4) is 0 Å². The molecule has 0 radical (unpaired) electrons. The number of halogens is 3. The van der Waals surface area contributed by atoms with Crippen LogP contribution in [0, 0.1) is 5.92 Å². The summed E-state index contributed by atoms with van der Waals surface area (Å²) in [6, 6.07) is 9.78. The van der Waals surface area contributed by atoms with E-state index in [0.717, 1.165) is 23.9 Å². The number of aromatic carboxylic acids is 1. The Morgan fingerprint density at radius 1 is 1.14 bits per heavy atom. The summed E-state index contributed by atoms with van der Waals surface area (Å²) in [6.07, 6.45) is -0.586. The lowest BCUT2D eigenvalue weighted by atomic mass is 9.99. The van der Waals surface area contributed by atoms with Crippen molar-refractivity contribution in [3.8, 4) is 5.69 Å². The van der Waals surface area contributed by atoms with E-state index in [9.17, 15) is 31.5 Å². The zero-order valence-corrected chi connectivity index (χ0v) is 23.5. The molecule has 0 spiro atoms. The third-order valence-electron chi connectivity index (χ3n) is 7.78. The minimum atomic E-state index is -4.57. The van der Waals surface area contributed by atoms with Gasteiger partial charge in [-0.1, -0.05) is 24.3 Å². The highest BCUT2D eigenvalue weighted by Crippen LogP contribution is 2.55. The van der Waals surface area contributed by atoms with Crippen LogP contribution in [-0.2, 0) is 36.2 Å². The number of alkyl halides is 3. The molecule has 1 N–H and O–H groups in total. The molecular weight excluding hydrogens is 573 g/mol. The molecule has 220 valence electrons. The van der Waals surface area contributed by atoms with Crippen molar-refractivity contribution < 1.29 is 31.5 Å². The molecule has 4 aromatic rings. The largest absolute Gasteiger partial charge is 0.478 e. The highest BCUT2D eigenvalue weighted by Gasteiger charge is 2.46. The van der Waals surface area contributed by atoms with E-state index in [-0.39, 0.29) is 53.3 Å². The summed E-state index contributed by atoms with van der Waals surface area (Å²) in [4.78, 5) is 11.9. The van der Waals surface area contributed by atoms with Crippen molar-refractivity contribution in [2.75, 3.05) is 6.54 Å². The van der Waals surface area contributed by atoms with Crippen molar-refractivity contribution in [3.05, 3.63) is 88.5 Å². The molecule has 1 aliphatic carbocycles. The van der Waals surface area contributed by atoms with Gasteiger partial charge in [0, 0.05) is 38.2 Å². The van der Waals surface area contributed by atoms with Crippen molar-refractivity contribution in [2.24, 2.45) is 13.0 Å². The molecule has 3 heterocycles. The second kappa shape index (κ2) is 10.1. The van der Waals surface area contributed by atoms with Crippen LogP contribution in [0.4, 0.5) is 13.2 Å². The number of rotatable bonds is 6. The van der Waals surface area contributed by atoms with Gasteiger partial charge in [-0.2, -0.15) is 22.6 Å². The van der Waals surface area contributed by atoms with E-state index in [1.54, 1.807) is 53.8 Å². The maximum absolute atomic E-state index is 13.6. The molecule has 1 aliphatic heterocycles. The number of benzene rings is 2. The van der Waals surface area contributed by atoms with E-state index < -0.39 is 27.7 Å². The summed E-state index contributed by atoms with van der Waals surface area (Å²) in [6.45, 7) is 1.91. The quantitative estimate of drug-likeness (QED) is 0.349. The second-order valence-electron chi connectivity index (χ2n) is 11.0. The number of carboxylic acid groups (broad SMARTS) is 1. The second-order valence-corrected chi connectivity index (χ2v) is 12.9. The highest BCUT2D eigenvalue weighted by atomic mass is 32.2. The number of fused-ring (bicyclic) bond motifs is 1. The Kier molecular flexibility index (Phi) is 6.72. The minimum Gasteiger partial charge on any atom is -0.478 e. The third kappa shape index (κ3) is 5.09. The van der Waals surface area contributed by atoms with E-state index in [4.69, 9.17) is 0 Å². The molecule has 3 atom stereocenters. The maximum Gasteiger partial charge on any atom is 0.416 e. The summed E-state index contributed by atoms with van der Waals surface area (Å²) in [5.41, 5.74) is 1.84. The van der Waals surface area contributed by atoms with Crippen LogP contribution in [0.2, 0.25) is 0 Å². The lowest BCUT2D eigenvalue weighted by Crippen LogP contribution is -2.32. The molecule has 2 aromatic heterocycles. The van der Waals surface area contributed by atoms with Crippen LogP contribution in [-0.4, -0.2) is 55.1 Å². The van der Waals surface area contributed by atoms with Gasteiger partial charge in [0.05, 0.1) is 33.7 Å². The fraction of sp³-hybridized carbons (Fsp3) is 0.357. The fourth-order valence-electron chi connectivity index (χ4n) is 5.78. The van der Waals surface area contributed by atoms with Gasteiger partial charge in [-0.25, -0.2) is 17.9 Å². The summed E-state index contributed by atoms with van der Waals surface area (Å²) >= 11 is 0. The van der Waals surface area contributed by atoms with Gasteiger partial charge in [0.2, 0.25) is 10.0 Å². The maximum atomic E-state index is 13.6. The average Bonchev–Trinajstić information content (AvgIpc) is 3.39. The number of aryl methyl sites for hydroxylation is 1. The van der Waals surface area contributed by atoms with E-state index in [0.29, 0.717) is 23.4 Å². The van der Waals surface area contributed by atoms with Crippen LogP contribution >= 0.6 is 0 Å². The van der Waals surface area contributed by atoms with Crippen molar-refractivity contribution >= 4 is 16.0 Å². The summed E-state index contributed by atoms with van der Waals surface area (Å²) < 4.78 is 71.7. The first-order chi connectivity index (χ1) is 19.8. The zero-order chi connectivity index (χ0) is 30.0. The van der Waals surface area contributed by atoms with Gasteiger partial charge in [-0.15, -0.1) is 5.10 Å². The van der Waals surface area contributed by atoms with Crippen LogP contribution in [0.25, 0.3) is 5.69 Å². The Labute approximate surface area is 239 Å². The number of nitrogens with zero attached hydrogens (tertiary/aromatic N) is 6. The minimum absolute atomic E-state index is 0.00269. The number of carboxylic acids is 1. The van der Waals surface area contributed by atoms with Gasteiger partial charge < -0.3 is 5.11 Å². The number of carbonyl (C=O) groups is 1. The van der Waals surface area contributed by atoms with E-state index >= 15 is 0 Å². The average molecular weight is 601 g/mol. The van der Waals surface area contributed by atoms with Crippen molar-refractivity contribution in [2.45, 2.75) is 49.2 Å². The Balaban J connectivity index is 1.32. The molecule has 0 saturated heterocycles. The van der Waals surface area contributed by atoms with Gasteiger partial charge in [0.25, 0.3) is 0 Å².